The van der Waals surface area contributed by atoms with E-state index in [1.807, 2.05) is 47.4 Å². The Morgan fingerprint density at radius 1 is 1.06 bits per heavy atom. The van der Waals surface area contributed by atoms with Crippen LogP contribution in [0.2, 0.25) is 0 Å². The van der Waals surface area contributed by atoms with Gasteiger partial charge in [0.15, 0.2) is 0 Å². The number of nitrogens with zero attached hydrogens (tertiary/aromatic N) is 1. The van der Waals surface area contributed by atoms with E-state index in [2.05, 4.69) is 23.6 Å². The fraction of sp³-hybridized carbons (Fsp3) is 0.464. The van der Waals surface area contributed by atoms with Gasteiger partial charge in [0, 0.05) is 35.1 Å². The third-order valence-corrected chi connectivity index (χ3v) is 9.12. The van der Waals surface area contributed by atoms with Crippen LogP contribution in [0, 0.1) is 11.8 Å². The highest BCUT2D eigenvalue weighted by Crippen LogP contribution is 2.30. The molecule has 2 aromatic carbocycles. The molecule has 1 aromatic heterocycles. The summed E-state index contributed by atoms with van der Waals surface area (Å²) in [4.78, 5) is 18.8. The highest BCUT2D eigenvalue weighted by Gasteiger charge is 2.36. The summed E-state index contributed by atoms with van der Waals surface area (Å²) >= 11 is 0. The van der Waals surface area contributed by atoms with Crippen molar-refractivity contribution in [1.29, 1.82) is 0 Å². The number of nitrogens with one attached hydrogen (secondary N) is 2. The quantitative estimate of drug-likeness (QED) is 0.510. The number of sulfonamides is 1. The van der Waals surface area contributed by atoms with E-state index in [0.29, 0.717) is 51.4 Å². The summed E-state index contributed by atoms with van der Waals surface area (Å²) in [5.74, 6) is 0.500. The van der Waals surface area contributed by atoms with Crippen LogP contribution in [-0.4, -0.2) is 56.1 Å². The molecule has 7 nitrogen and oxygen atoms in total. The molecule has 2 fully saturated rings. The number of hydrogen-bond donors (Lipinski definition) is 2. The molecule has 1 saturated heterocycles. The number of aromatic nitrogens is 1. The van der Waals surface area contributed by atoms with Gasteiger partial charge in [-0.25, -0.2) is 13.1 Å². The van der Waals surface area contributed by atoms with Gasteiger partial charge in [0.05, 0.1) is 24.2 Å². The van der Waals surface area contributed by atoms with E-state index in [0.717, 1.165) is 22.2 Å². The van der Waals surface area contributed by atoms with Crippen LogP contribution < -0.4 is 4.72 Å². The van der Waals surface area contributed by atoms with Crippen LogP contribution in [-0.2, 0) is 19.6 Å². The van der Waals surface area contributed by atoms with E-state index in [9.17, 15) is 13.2 Å². The lowest BCUT2D eigenvalue weighted by Crippen LogP contribution is -2.53. The zero-order valence-corrected chi connectivity index (χ0v) is 21.8. The molecule has 2 aliphatic rings. The van der Waals surface area contributed by atoms with Crippen molar-refractivity contribution in [2.24, 2.45) is 11.8 Å². The summed E-state index contributed by atoms with van der Waals surface area (Å²) in [7, 11) is -3.67. The normalized spacial score (nSPS) is 23.3. The van der Waals surface area contributed by atoms with Crippen molar-refractivity contribution in [2.75, 3.05) is 19.8 Å². The lowest BCUT2D eigenvalue weighted by atomic mass is 9.85. The topological polar surface area (TPSA) is 91.5 Å². The summed E-state index contributed by atoms with van der Waals surface area (Å²) in [5.41, 5.74) is 2.80. The van der Waals surface area contributed by atoms with Crippen LogP contribution in [0.1, 0.15) is 39.5 Å². The van der Waals surface area contributed by atoms with Crippen molar-refractivity contribution in [2.45, 2.75) is 56.5 Å². The van der Waals surface area contributed by atoms with Gasteiger partial charge in [0.1, 0.15) is 0 Å². The van der Waals surface area contributed by atoms with Gasteiger partial charge in [-0.2, -0.15) is 0 Å². The molecule has 0 bridgehead atoms. The zero-order valence-electron chi connectivity index (χ0n) is 20.9. The Kier molecular flexibility index (Phi) is 7.19. The Bertz CT molecular complexity index is 1310. The third-order valence-electron chi connectivity index (χ3n) is 7.61. The number of amides is 1. The first-order valence-electron chi connectivity index (χ1n) is 12.9. The van der Waals surface area contributed by atoms with Crippen LogP contribution in [0.4, 0.5) is 0 Å². The van der Waals surface area contributed by atoms with Gasteiger partial charge in [-0.15, -0.1) is 0 Å². The first kappa shape index (κ1) is 25.0. The molecule has 3 aromatic rings. The second-order valence-electron chi connectivity index (χ2n) is 10.4. The molecule has 0 spiro atoms. The molecular formula is C28H35N3O4S. The maximum absolute atomic E-state index is 13.2. The molecule has 8 heteroatoms. The predicted molar refractivity (Wildman–Crippen MR) is 141 cm³/mol. The number of ether oxygens (including phenoxy) is 1. The predicted octanol–water partition coefficient (Wildman–Crippen LogP) is 4.56. The molecule has 192 valence electrons. The van der Waals surface area contributed by atoms with Gasteiger partial charge < -0.3 is 14.6 Å². The maximum Gasteiger partial charge on any atom is 0.240 e. The number of hydrogen-bond acceptors (Lipinski definition) is 4. The Hall–Kier alpha value is -2.68. The Balaban J connectivity index is 1.23. The van der Waals surface area contributed by atoms with Crippen molar-refractivity contribution < 1.29 is 17.9 Å². The van der Waals surface area contributed by atoms with Gasteiger partial charge in [-0.3, -0.25) is 4.79 Å². The molecule has 2 N–H and O–H groups in total. The monoisotopic (exact) mass is 509 g/mol. The second-order valence-corrected chi connectivity index (χ2v) is 12.1. The lowest BCUT2D eigenvalue weighted by molar-refractivity contribution is -0.147. The summed E-state index contributed by atoms with van der Waals surface area (Å²) in [5, 5.41) is 0.967. The number of aromatic amines is 1. The maximum atomic E-state index is 13.2. The van der Waals surface area contributed by atoms with E-state index < -0.39 is 10.0 Å². The van der Waals surface area contributed by atoms with E-state index in [1.54, 1.807) is 12.1 Å². The van der Waals surface area contributed by atoms with Crippen molar-refractivity contribution in [3.8, 4) is 11.3 Å². The molecule has 2 heterocycles. The van der Waals surface area contributed by atoms with Gasteiger partial charge in [0.2, 0.25) is 15.9 Å². The standard InChI is InChI=1S/C28H35N3O4S/c1-19(2)27-18-35-15-14-31(27)28(32)21-8-11-23(12-9-21)30-36(33,34)24-13-10-22-16-25(29-26(22)17-24)20-6-4-3-5-7-20/h3-7,10,13,16-17,19,21,23,27,29-30H,8-9,11-12,14-15,18H2,1-2H3/t21?,23?,27-/m1/s1. The van der Waals surface area contributed by atoms with Crippen molar-refractivity contribution in [3.05, 3.63) is 54.6 Å². The third kappa shape index (κ3) is 5.21. The Labute approximate surface area is 213 Å². The fourth-order valence-corrected chi connectivity index (χ4v) is 6.81. The van der Waals surface area contributed by atoms with Crippen molar-refractivity contribution in [1.82, 2.24) is 14.6 Å². The first-order chi connectivity index (χ1) is 17.3. The smallest absolute Gasteiger partial charge is 0.240 e. The number of fused-ring (bicyclic) bond motifs is 1. The molecule has 36 heavy (non-hydrogen) atoms. The molecule has 0 unspecified atom stereocenters. The van der Waals surface area contributed by atoms with E-state index >= 15 is 0 Å². The van der Waals surface area contributed by atoms with Gasteiger partial charge >= 0.3 is 0 Å². The molecule has 1 atom stereocenters. The molecule has 0 radical (unpaired) electrons. The lowest BCUT2D eigenvalue weighted by Gasteiger charge is -2.41. The zero-order chi connectivity index (χ0) is 25.3. The van der Waals surface area contributed by atoms with Crippen molar-refractivity contribution in [3.63, 3.8) is 0 Å². The molecule has 1 aliphatic carbocycles. The molecule has 5 rings (SSSR count). The Morgan fingerprint density at radius 3 is 2.53 bits per heavy atom. The van der Waals surface area contributed by atoms with E-state index in [4.69, 9.17) is 4.74 Å². The summed E-state index contributed by atoms with van der Waals surface area (Å²) in [6, 6.07) is 17.2. The molecule has 1 aliphatic heterocycles. The molecule has 1 saturated carbocycles. The van der Waals surface area contributed by atoms with Gasteiger partial charge in [-0.05, 0) is 55.4 Å². The second kappa shape index (κ2) is 10.4. The minimum absolute atomic E-state index is 0.0446. The van der Waals surface area contributed by atoms with Crippen LogP contribution in [0.5, 0.6) is 0 Å². The molecule has 1 amide bonds. The first-order valence-corrected chi connectivity index (χ1v) is 14.4. The minimum Gasteiger partial charge on any atom is -0.377 e. The number of H-pyrrole nitrogens is 1. The van der Waals surface area contributed by atoms with E-state index in [-0.39, 0.29) is 28.8 Å². The highest BCUT2D eigenvalue weighted by molar-refractivity contribution is 7.89. The summed E-state index contributed by atoms with van der Waals surface area (Å²) in [6.07, 6.45) is 2.72. The van der Waals surface area contributed by atoms with Crippen LogP contribution in [0.3, 0.4) is 0 Å². The van der Waals surface area contributed by atoms with Crippen LogP contribution in [0.25, 0.3) is 22.2 Å². The van der Waals surface area contributed by atoms with Gasteiger partial charge in [0.25, 0.3) is 0 Å². The molecular weight excluding hydrogens is 474 g/mol. The van der Waals surface area contributed by atoms with Gasteiger partial charge in [-0.1, -0.05) is 50.2 Å². The number of carbonyl (C=O) groups is 1. The fourth-order valence-electron chi connectivity index (χ4n) is 5.48. The average Bonchev–Trinajstić information content (AvgIpc) is 3.33. The number of carbonyl (C=O) groups excluding carboxylic acids is 1. The largest absolute Gasteiger partial charge is 0.377 e. The van der Waals surface area contributed by atoms with Crippen LogP contribution >= 0.6 is 0 Å². The Morgan fingerprint density at radius 2 is 1.81 bits per heavy atom. The number of benzene rings is 2. The minimum atomic E-state index is -3.67. The average molecular weight is 510 g/mol. The van der Waals surface area contributed by atoms with Crippen molar-refractivity contribution >= 4 is 26.8 Å². The number of rotatable bonds is 6. The van der Waals surface area contributed by atoms with Crippen LogP contribution in [0.15, 0.2) is 59.5 Å². The summed E-state index contributed by atoms with van der Waals surface area (Å²) in [6.45, 7) is 6.07. The number of morpholine rings is 1. The SMILES string of the molecule is CC(C)[C@H]1COCCN1C(=O)C1CCC(NS(=O)(=O)c2ccc3cc(-c4ccccc4)[nH]c3c2)CC1. The summed E-state index contributed by atoms with van der Waals surface area (Å²) < 4.78 is 34.9. The highest BCUT2D eigenvalue weighted by atomic mass is 32.2. The van der Waals surface area contributed by atoms with E-state index in [1.165, 1.54) is 0 Å².